The fraction of sp³-hybridized carbons (Fsp3) is 0.200. The van der Waals surface area contributed by atoms with Gasteiger partial charge in [-0.3, -0.25) is 0 Å². The minimum atomic E-state index is -0.701. The molecule has 0 fully saturated rings. The highest BCUT2D eigenvalue weighted by Crippen LogP contribution is 2.45. The second-order valence-electron chi connectivity index (χ2n) is 10.3. The average molecular weight is 664 g/mol. The molecule has 4 aromatic rings. The van der Waals surface area contributed by atoms with Gasteiger partial charge in [-0.25, -0.2) is 9.18 Å². The molecule has 2 N–H and O–H groups in total. The summed E-state index contributed by atoms with van der Waals surface area (Å²) in [6, 6.07) is 21.3. The number of fused-ring (bicyclic) bond motifs is 1. The van der Waals surface area contributed by atoms with Gasteiger partial charge in [0.25, 0.3) is 0 Å². The number of esters is 1. The molecule has 0 saturated carbocycles. The van der Waals surface area contributed by atoms with Crippen molar-refractivity contribution in [1.82, 2.24) is 0 Å². The van der Waals surface area contributed by atoms with Crippen LogP contribution in [0, 0.1) is 17.1 Å². The normalized spacial score (nSPS) is 13.7. The summed E-state index contributed by atoms with van der Waals surface area (Å²) in [4.78, 5) is 13.0. The number of benzene rings is 4. The summed E-state index contributed by atoms with van der Waals surface area (Å²) in [5.74, 6) is -0.277. The van der Waals surface area contributed by atoms with Gasteiger partial charge in [-0.1, -0.05) is 66.9 Å². The maximum absolute atomic E-state index is 14.1. The lowest BCUT2D eigenvalue weighted by Crippen LogP contribution is -2.21. The SMILES string of the molecule is CCCCOc1c(Cl)cc(C(=O)Oc2ccc3c(c2)OC(N)=C(C#N)C3c2ccc(OCc3ccccc3F)c(OC)c2)cc1Cl. The topological polar surface area (TPSA) is 113 Å². The lowest BCUT2D eigenvalue weighted by atomic mass is 9.83. The smallest absolute Gasteiger partial charge is 0.343 e. The Labute approximate surface area is 275 Å². The molecule has 0 amide bonds. The van der Waals surface area contributed by atoms with Crippen molar-refractivity contribution in [1.29, 1.82) is 5.26 Å². The van der Waals surface area contributed by atoms with E-state index in [2.05, 4.69) is 6.07 Å². The first-order valence-corrected chi connectivity index (χ1v) is 15.1. The Kier molecular flexibility index (Phi) is 10.2. The molecule has 0 aliphatic carbocycles. The van der Waals surface area contributed by atoms with Crippen LogP contribution in [0.2, 0.25) is 10.0 Å². The van der Waals surface area contributed by atoms with E-state index in [1.807, 2.05) is 6.92 Å². The number of nitrogens with two attached hydrogens (primary N) is 1. The van der Waals surface area contributed by atoms with Crippen molar-refractivity contribution in [2.45, 2.75) is 32.3 Å². The zero-order valence-electron chi connectivity index (χ0n) is 24.9. The van der Waals surface area contributed by atoms with Crippen LogP contribution >= 0.6 is 23.2 Å². The van der Waals surface area contributed by atoms with Gasteiger partial charge in [0, 0.05) is 17.2 Å². The van der Waals surface area contributed by atoms with Crippen molar-refractivity contribution < 1.29 is 32.9 Å². The number of methoxy groups -OCH3 is 1. The summed E-state index contributed by atoms with van der Waals surface area (Å²) >= 11 is 12.7. The molecule has 1 heterocycles. The van der Waals surface area contributed by atoms with E-state index < -0.39 is 11.9 Å². The second-order valence-corrected chi connectivity index (χ2v) is 11.1. The Morgan fingerprint density at radius 1 is 1.02 bits per heavy atom. The number of nitrogens with zero attached hydrogens (tertiary/aromatic N) is 1. The molecule has 8 nitrogen and oxygen atoms in total. The van der Waals surface area contributed by atoms with Crippen molar-refractivity contribution in [2.75, 3.05) is 13.7 Å². The average Bonchev–Trinajstić information content (AvgIpc) is 3.04. The van der Waals surface area contributed by atoms with Gasteiger partial charge in [0.05, 0.1) is 35.2 Å². The third-order valence-electron chi connectivity index (χ3n) is 7.24. The summed E-state index contributed by atoms with van der Waals surface area (Å²) in [6.45, 7) is 2.48. The van der Waals surface area contributed by atoms with Gasteiger partial charge in [0.1, 0.15) is 35.6 Å². The monoisotopic (exact) mass is 662 g/mol. The lowest BCUT2D eigenvalue weighted by Gasteiger charge is -2.27. The van der Waals surface area contributed by atoms with Crippen LogP contribution in [0.25, 0.3) is 0 Å². The molecule has 0 aromatic heterocycles. The van der Waals surface area contributed by atoms with Crippen LogP contribution in [-0.2, 0) is 6.61 Å². The number of hydrogen-bond donors (Lipinski definition) is 1. The minimum Gasteiger partial charge on any atom is -0.493 e. The fourth-order valence-corrected chi connectivity index (χ4v) is 5.49. The highest BCUT2D eigenvalue weighted by atomic mass is 35.5. The Balaban J connectivity index is 1.39. The second kappa shape index (κ2) is 14.5. The van der Waals surface area contributed by atoms with Crippen molar-refractivity contribution in [3.05, 3.63) is 122 Å². The van der Waals surface area contributed by atoms with E-state index in [1.54, 1.807) is 48.5 Å². The first-order valence-electron chi connectivity index (χ1n) is 14.3. The maximum atomic E-state index is 14.1. The summed E-state index contributed by atoms with van der Waals surface area (Å²) in [5, 5.41) is 10.4. The number of allylic oxidation sites excluding steroid dienone is 1. The lowest BCUT2D eigenvalue weighted by molar-refractivity contribution is 0.0734. The standard InChI is InChI=1S/C35H29Cl2FN2O6/c1-3-4-13-43-33-26(36)14-22(15-27(33)37)35(41)45-23-10-11-24-30(17-23)46-34(40)25(18-39)32(24)20-9-12-29(31(16-20)42-2)44-19-21-7-5-6-8-28(21)38/h5-12,14-17,32H,3-4,13,19,40H2,1-2H3. The number of halogens is 3. The van der Waals surface area contributed by atoms with Gasteiger partial charge in [-0.05, 0) is 48.4 Å². The Morgan fingerprint density at radius 3 is 2.48 bits per heavy atom. The van der Waals surface area contributed by atoms with E-state index >= 15 is 0 Å². The van der Waals surface area contributed by atoms with Crippen LogP contribution in [0.4, 0.5) is 4.39 Å². The third kappa shape index (κ3) is 6.99. The van der Waals surface area contributed by atoms with Crippen LogP contribution in [0.3, 0.4) is 0 Å². The first-order chi connectivity index (χ1) is 22.2. The molecule has 1 atom stereocenters. The van der Waals surface area contributed by atoms with Gasteiger partial charge >= 0.3 is 5.97 Å². The van der Waals surface area contributed by atoms with E-state index in [-0.39, 0.29) is 45.2 Å². The molecule has 0 radical (unpaired) electrons. The van der Waals surface area contributed by atoms with Crippen LogP contribution < -0.4 is 29.4 Å². The fourth-order valence-electron chi connectivity index (χ4n) is 4.90. The van der Waals surface area contributed by atoms with Crippen LogP contribution in [0.5, 0.6) is 28.7 Å². The number of unbranched alkanes of at least 4 members (excludes halogenated alkanes) is 1. The quantitative estimate of drug-likeness (QED) is 0.0969. The largest absolute Gasteiger partial charge is 0.493 e. The van der Waals surface area contributed by atoms with Crippen LogP contribution in [-0.4, -0.2) is 19.7 Å². The summed E-state index contributed by atoms with van der Waals surface area (Å²) in [5.41, 5.74) is 8.16. The number of nitriles is 1. The van der Waals surface area contributed by atoms with Gasteiger partial charge in [0.15, 0.2) is 17.2 Å². The zero-order chi connectivity index (χ0) is 32.8. The predicted molar refractivity (Wildman–Crippen MR) is 171 cm³/mol. The van der Waals surface area contributed by atoms with Crippen LogP contribution in [0.15, 0.2) is 84.3 Å². The van der Waals surface area contributed by atoms with E-state index in [1.165, 1.54) is 31.4 Å². The molecule has 0 saturated heterocycles. The minimum absolute atomic E-state index is 0.00440. The number of hydrogen-bond acceptors (Lipinski definition) is 8. The van der Waals surface area contributed by atoms with Crippen molar-refractivity contribution in [3.63, 3.8) is 0 Å². The molecule has 236 valence electrons. The summed E-state index contributed by atoms with van der Waals surface area (Å²) in [6.07, 6.45) is 1.77. The van der Waals surface area contributed by atoms with E-state index in [0.717, 1.165) is 12.8 Å². The molecule has 1 unspecified atom stereocenters. The predicted octanol–water partition coefficient (Wildman–Crippen LogP) is 8.34. The molecule has 5 rings (SSSR count). The van der Waals surface area contributed by atoms with Crippen molar-refractivity contribution in [2.24, 2.45) is 5.73 Å². The molecular formula is C35H29Cl2FN2O6. The van der Waals surface area contributed by atoms with E-state index in [4.69, 9.17) is 52.6 Å². The van der Waals surface area contributed by atoms with E-state index in [0.29, 0.717) is 46.3 Å². The van der Waals surface area contributed by atoms with Crippen LogP contribution in [0.1, 0.15) is 52.7 Å². The Hall–Kier alpha value is -4.91. The molecule has 11 heteroatoms. The highest BCUT2D eigenvalue weighted by molar-refractivity contribution is 6.37. The number of carbonyl (C=O) groups is 1. The maximum Gasteiger partial charge on any atom is 0.343 e. The highest BCUT2D eigenvalue weighted by Gasteiger charge is 2.32. The summed E-state index contributed by atoms with van der Waals surface area (Å²) in [7, 11) is 1.48. The molecular weight excluding hydrogens is 634 g/mol. The molecule has 1 aliphatic rings. The number of rotatable bonds is 11. The number of carbonyl (C=O) groups excluding carboxylic acids is 1. The van der Waals surface area contributed by atoms with Gasteiger partial charge < -0.3 is 29.4 Å². The van der Waals surface area contributed by atoms with Gasteiger partial charge in [-0.15, -0.1) is 0 Å². The van der Waals surface area contributed by atoms with Gasteiger partial charge in [-0.2, -0.15) is 5.26 Å². The Bertz CT molecular complexity index is 1830. The molecule has 0 bridgehead atoms. The molecule has 4 aromatic carbocycles. The Morgan fingerprint density at radius 2 is 1.78 bits per heavy atom. The first kappa shape index (κ1) is 32.5. The molecule has 0 spiro atoms. The summed E-state index contributed by atoms with van der Waals surface area (Å²) < 4.78 is 42.6. The molecule has 46 heavy (non-hydrogen) atoms. The zero-order valence-corrected chi connectivity index (χ0v) is 26.5. The van der Waals surface area contributed by atoms with Gasteiger partial charge in [0.2, 0.25) is 5.88 Å². The molecule has 1 aliphatic heterocycles. The third-order valence-corrected chi connectivity index (χ3v) is 7.80. The van der Waals surface area contributed by atoms with Crippen molar-refractivity contribution >= 4 is 29.2 Å². The van der Waals surface area contributed by atoms with Crippen molar-refractivity contribution in [3.8, 4) is 34.8 Å². The van der Waals surface area contributed by atoms with E-state index in [9.17, 15) is 14.4 Å². The number of ether oxygens (including phenoxy) is 5.